The van der Waals surface area contributed by atoms with Crippen molar-refractivity contribution in [3.63, 3.8) is 0 Å². The van der Waals surface area contributed by atoms with Gasteiger partial charge >= 0.3 is 0 Å². The molecule has 0 saturated carbocycles. The van der Waals surface area contributed by atoms with Crippen molar-refractivity contribution in [1.29, 1.82) is 0 Å². The van der Waals surface area contributed by atoms with E-state index in [9.17, 15) is 0 Å². The maximum absolute atomic E-state index is 2.37. The summed E-state index contributed by atoms with van der Waals surface area (Å²) in [7, 11) is 0.591. The predicted octanol–water partition coefficient (Wildman–Crippen LogP) is 4.31. The van der Waals surface area contributed by atoms with E-state index in [1.165, 1.54) is 99.0 Å². The van der Waals surface area contributed by atoms with Crippen LogP contribution in [0.25, 0.3) is 0 Å². The fraction of sp³-hybridized carbons (Fsp3) is 0.739. The number of hydrogen-bond acceptors (Lipinski definition) is 0. The van der Waals surface area contributed by atoms with E-state index in [4.69, 9.17) is 0 Å². The van der Waals surface area contributed by atoms with Gasteiger partial charge in [-0.1, -0.05) is 89.0 Å². The van der Waals surface area contributed by atoms with Crippen molar-refractivity contribution in [3.8, 4) is 0 Å². The zero-order valence-corrected chi connectivity index (χ0v) is 18.6. The minimum Gasteiger partial charge on any atom is -1.00 e. The summed E-state index contributed by atoms with van der Waals surface area (Å²) in [5.74, 6) is 3.94. The maximum atomic E-state index is 2.37. The largest absolute Gasteiger partial charge is 1.00 e. The van der Waals surface area contributed by atoms with Gasteiger partial charge in [-0.2, -0.15) is 0 Å². The molecule has 1 rings (SSSR count). The molecule has 0 amide bonds. The van der Waals surface area contributed by atoms with Gasteiger partial charge in [0.1, 0.15) is 17.3 Å². The van der Waals surface area contributed by atoms with Gasteiger partial charge < -0.3 is 12.4 Å². The fourth-order valence-electron chi connectivity index (χ4n) is 3.26. The van der Waals surface area contributed by atoms with Gasteiger partial charge in [-0.25, -0.2) is 0 Å². The van der Waals surface area contributed by atoms with Crippen LogP contribution in [0.5, 0.6) is 0 Å². The molecule has 0 nitrogen and oxygen atoms in total. The summed E-state index contributed by atoms with van der Waals surface area (Å²) in [6, 6.07) is 9.49. The quantitative estimate of drug-likeness (QED) is 0.312. The smallest absolute Gasteiger partial charge is 0.133 e. The van der Waals surface area contributed by atoms with Crippen LogP contribution in [0.3, 0.4) is 0 Å². The molecule has 1 aromatic rings. The van der Waals surface area contributed by atoms with Gasteiger partial charge in [0.15, 0.2) is 0 Å². The topological polar surface area (TPSA) is 0 Å². The van der Waals surface area contributed by atoms with Crippen LogP contribution in [0.15, 0.2) is 24.3 Å². The molecule has 2 heteroatoms. The Morgan fingerprint density at radius 3 is 1.52 bits per heavy atom. The lowest BCUT2D eigenvalue weighted by Crippen LogP contribution is -3.00. The van der Waals surface area contributed by atoms with Gasteiger partial charge in [0, 0.05) is 5.56 Å². The average molecular weight is 385 g/mol. The van der Waals surface area contributed by atoms with Crippen molar-refractivity contribution >= 4 is 10.9 Å². The summed E-state index contributed by atoms with van der Waals surface area (Å²) in [5.41, 5.74) is 3.07. The average Bonchev–Trinajstić information content (AvgIpc) is 2.62. The molecule has 1 aromatic carbocycles. The number of unbranched alkanes of at least 4 members (excludes halogenated alkanes) is 9. The van der Waals surface area contributed by atoms with Gasteiger partial charge in [0.2, 0.25) is 0 Å². The first-order valence-corrected chi connectivity index (χ1v) is 12.2. The second-order valence-electron chi connectivity index (χ2n) is 7.08. The standard InChI is InChI=1S/C23H41S.ClH/c1-4-7-8-9-10-11-12-13-14-15-16-22-17-19-23(20-18-22)21-24(5-2)6-3;/h17-20H,4-16,21H2,1-3H3;1H/q+1;/p-1. The molecule has 0 aliphatic carbocycles. The summed E-state index contributed by atoms with van der Waals surface area (Å²) >= 11 is 0. The molecule has 0 aliphatic heterocycles. The van der Waals surface area contributed by atoms with E-state index < -0.39 is 0 Å². The van der Waals surface area contributed by atoms with E-state index in [0.717, 1.165) is 0 Å². The molecule has 146 valence electrons. The first-order chi connectivity index (χ1) is 11.8. The minimum absolute atomic E-state index is 0. The first kappa shape index (κ1) is 24.9. The highest BCUT2D eigenvalue weighted by molar-refractivity contribution is 7.96. The molecule has 0 bridgehead atoms. The molecule has 0 N–H and O–H groups in total. The number of rotatable bonds is 15. The Bertz CT molecular complexity index is 384. The van der Waals surface area contributed by atoms with E-state index in [1.807, 2.05) is 0 Å². The summed E-state index contributed by atoms with van der Waals surface area (Å²) in [4.78, 5) is 0. The number of aryl methyl sites for hydroxylation is 1. The Balaban J connectivity index is 0.00000576. The van der Waals surface area contributed by atoms with Crippen molar-refractivity contribution in [3.05, 3.63) is 35.4 Å². The Morgan fingerprint density at radius 1 is 0.600 bits per heavy atom. The van der Waals surface area contributed by atoms with Crippen molar-refractivity contribution in [2.75, 3.05) is 11.5 Å². The molecule has 25 heavy (non-hydrogen) atoms. The third-order valence-corrected chi connectivity index (χ3v) is 7.40. The lowest BCUT2D eigenvalue weighted by molar-refractivity contribution is -0.00000530. The molecular weight excluding hydrogens is 344 g/mol. The van der Waals surface area contributed by atoms with Crippen LogP contribution in [0, 0.1) is 0 Å². The van der Waals surface area contributed by atoms with Gasteiger partial charge in [-0.05, 0) is 43.1 Å². The summed E-state index contributed by atoms with van der Waals surface area (Å²) in [6.07, 6.45) is 15.5. The van der Waals surface area contributed by atoms with Crippen LogP contribution in [0.4, 0.5) is 0 Å². The van der Waals surface area contributed by atoms with Crippen LogP contribution in [-0.4, -0.2) is 11.5 Å². The van der Waals surface area contributed by atoms with Crippen LogP contribution in [0.1, 0.15) is 96.1 Å². The molecule has 0 aliphatic rings. The zero-order valence-electron chi connectivity index (χ0n) is 17.0. The van der Waals surface area contributed by atoms with Gasteiger partial charge in [-0.15, -0.1) is 0 Å². The Morgan fingerprint density at radius 2 is 1.04 bits per heavy atom. The second-order valence-corrected chi connectivity index (χ2v) is 9.75. The maximum Gasteiger partial charge on any atom is 0.133 e. The molecule has 0 heterocycles. The van der Waals surface area contributed by atoms with Crippen molar-refractivity contribution in [2.24, 2.45) is 0 Å². The van der Waals surface area contributed by atoms with Crippen LogP contribution >= 0.6 is 0 Å². The number of halogens is 1. The van der Waals surface area contributed by atoms with Crippen LogP contribution < -0.4 is 12.4 Å². The second kappa shape index (κ2) is 17.3. The highest BCUT2D eigenvalue weighted by Crippen LogP contribution is 2.14. The van der Waals surface area contributed by atoms with E-state index in [-0.39, 0.29) is 12.4 Å². The van der Waals surface area contributed by atoms with Crippen molar-refractivity contribution in [2.45, 2.75) is 97.2 Å². The first-order valence-electron chi connectivity index (χ1n) is 10.5. The van der Waals surface area contributed by atoms with E-state index >= 15 is 0 Å². The number of benzene rings is 1. The Labute approximate surface area is 167 Å². The monoisotopic (exact) mass is 384 g/mol. The van der Waals surface area contributed by atoms with E-state index in [1.54, 1.807) is 0 Å². The third kappa shape index (κ3) is 12.8. The third-order valence-electron chi connectivity index (χ3n) is 5.03. The molecule has 0 atom stereocenters. The SMILES string of the molecule is CCCCCCCCCCCCc1ccc(C[S+](CC)CC)cc1.[Cl-]. The molecule has 0 unspecified atom stereocenters. The van der Waals surface area contributed by atoms with E-state index in [2.05, 4.69) is 45.0 Å². The van der Waals surface area contributed by atoms with Crippen LogP contribution in [-0.2, 0) is 23.1 Å². The summed E-state index contributed by atoms with van der Waals surface area (Å²) < 4.78 is 0. The van der Waals surface area contributed by atoms with Gasteiger partial charge in [0.25, 0.3) is 0 Å². The normalized spacial score (nSPS) is 10.9. The lowest BCUT2D eigenvalue weighted by atomic mass is 10.0. The molecular formula is C23H41ClS. The highest BCUT2D eigenvalue weighted by Gasteiger charge is 2.12. The van der Waals surface area contributed by atoms with Crippen LogP contribution in [0.2, 0.25) is 0 Å². The van der Waals surface area contributed by atoms with Crippen molar-refractivity contribution < 1.29 is 12.4 Å². The minimum atomic E-state index is 0. The van der Waals surface area contributed by atoms with Gasteiger partial charge in [0.05, 0.1) is 0 Å². The fourth-order valence-corrected chi connectivity index (χ4v) is 4.74. The molecule has 0 saturated heterocycles. The van der Waals surface area contributed by atoms with Gasteiger partial charge in [-0.3, -0.25) is 0 Å². The van der Waals surface area contributed by atoms with E-state index in [0.29, 0.717) is 10.9 Å². The number of hydrogen-bond donors (Lipinski definition) is 0. The molecule has 0 spiro atoms. The Kier molecular flexibility index (Phi) is 17.2. The molecule has 0 aromatic heterocycles. The summed E-state index contributed by atoms with van der Waals surface area (Å²) in [5, 5.41) is 0. The zero-order chi connectivity index (χ0) is 17.5. The molecule has 0 radical (unpaired) electrons. The summed E-state index contributed by atoms with van der Waals surface area (Å²) in [6.45, 7) is 6.94. The highest BCUT2D eigenvalue weighted by atomic mass is 35.5. The van der Waals surface area contributed by atoms with Crippen molar-refractivity contribution in [1.82, 2.24) is 0 Å². The predicted molar refractivity (Wildman–Crippen MR) is 114 cm³/mol. The Hall–Kier alpha value is -0.140. The molecule has 0 fully saturated rings. The lowest BCUT2D eigenvalue weighted by Gasteiger charge is -2.06.